The average molecular weight is 305 g/mol. The van der Waals surface area contributed by atoms with Crippen LogP contribution in [0.25, 0.3) is 0 Å². The van der Waals surface area contributed by atoms with Gasteiger partial charge in [0.05, 0.1) is 24.2 Å². The molecule has 0 bridgehead atoms. The first-order valence-corrected chi connectivity index (χ1v) is 6.19. The summed E-state index contributed by atoms with van der Waals surface area (Å²) in [5.74, 6) is -1.21. The third-order valence-electron chi connectivity index (χ3n) is 2.15. The zero-order chi connectivity index (χ0) is 15.3. The van der Waals surface area contributed by atoms with Gasteiger partial charge in [-0.1, -0.05) is 0 Å². The number of hydrogen-bond acceptors (Lipinski definition) is 5. The monoisotopic (exact) mass is 305 g/mol. The molecule has 0 N–H and O–H groups in total. The number of benzene rings is 1. The van der Waals surface area contributed by atoms with Crippen LogP contribution in [0.3, 0.4) is 0 Å². The van der Waals surface area contributed by atoms with Crippen LogP contribution >= 0.6 is 11.8 Å². The van der Waals surface area contributed by atoms with Crippen LogP contribution in [0.15, 0.2) is 17.0 Å². The molecule has 0 spiro atoms. The second kappa shape index (κ2) is 6.52. The van der Waals surface area contributed by atoms with E-state index in [9.17, 15) is 18.0 Å². The molecule has 1 rings (SSSR count). The number of methoxy groups -OCH3 is 1. The van der Waals surface area contributed by atoms with E-state index < -0.39 is 23.2 Å². The van der Waals surface area contributed by atoms with E-state index >= 15 is 0 Å². The molecule has 1 aromatic carbocycles. The Hall–Kier alpha value is -1.88. The summed E-state index contributed by atoms with van der Waals surface area (Å²) in [7, 11) is 1.12. The molecular formula is C12H10F3NO3S. The van der Waals surface area contributed by atoms with Crippen LogP contribution < -0.4 is 4.74 Å². The number of carbonyl (C=O) groups is 1. The number of rotatable bonds is 4. The van der Waals surface area contributed by atoms with Gasteiger partial charge in [0.15, 0.2) is 0 Å². The minimum Gasteiger partial charge on any atom is -0.495 e. The maximum atomic E-state index is 12.4. The van der Waals surface area contributed by atoms with Crippen molar-refractivity contribution in [3.8, 4) is 11.8 Å². The molecule has 0 radical (unpaired) electrons. The van der Waals surface area contributed by atoms with Crippen molar-refractivity contribution in [3.05, 3.63) is 23.3 Å². The Balaban J connectivity index is 3.41. The Morgan fingerprint density at radius 1 is 1.45 bits per heavy atom. The van der Waals surface area contributed by atoms with Gasteiger partial charge in [-0.05, 0) is 30.8 Å². The van der Waals surface area contributed by atoms with Gasteiger partial charge in [0.2, 0.25) is 0 Å². The zero-order valence-electron chi connectivity index (χ0n) is 10.6. The highest BCUT2D eigenvalue weighted by molar-refractivity contribution is 8.00. The molecule has 0 aliphatic rings. The largest absolute Gasteiger partial charge is 0.495 e. The standard InChI is InChI=1S/C12H10F3NO3S/c1-3-19-11(17)9-7(6-16)4-5-8(10(9)18-2)20-12(13,14)15/h4-5H,3H2,1-2H3. The Bertz CT molecular complexity index is 552. The van der Waals surface area contributed by atoms with Crippen molar-refractivity contribution in [3.63, 3.8) is 0 Å². The highest BCUT2D eigenvalue weighted by Crippen LogP contribution is 2.43. The second-order valence-corrected chi connectivity index (χ2v) is 4.51. The predicted molar refractivity (Wildman–Crippen MR) is 65.6 cm³/mol. The minimum atomic E-state index is -4.53. The first-order valence-electron chi connectivity index (χ1n) is 5.38. The SMILES string of the molecule is CCOC(=O)c1c(C#N)ccc(SC(F)(F)F)c1OC. The summed E-state index contributed by atoms with van der Waals surface area (Å²) in [5.41, 5.74) is -4.94. The molecule has 0 fully saturated rings. The molecule has 0 aliphatic carbocycles. The smallest absolute Gasteiger partial charge is 0.446 e. The van der Waals surface area contributed by atoms with Crippen LogP contribution in [-0.2, 0) is 4.74 Å². The van der Waals surface area contributed by atoms with Gasteiger partial charge in [-0.2, -0.15) is 18.4 Å². The predicted octanol–water partition coefficient (Wildman–Crippen LogP) is 3.36. The Labute approximate surface area is 117 Å². The van der Waals surface area contributed by atoms with Crippen LogP contribution in [0, 0.1) is 11.3 Å². The number of nitrogens with zero attached hydrogens (tertiary/aromatic N) is 1. The van der Waals surface area contributed by atoms with E-state index in [1.807, 2.05) is 0 Å². The lowest BCUT2D eigenvalue weighted by molar-refractivity contribution is -0.0329. The number of nitriles is 1. The van der Waals surface area contributed by atoms with Crippen molar-refractivity contribution in [1.82, 2.24) is 0 Å². The van der Waals surface area contributed by atoms with E-state index in [1.54, 1.807) is 13.0 Å². The molecule has 108 valence electrons. The van der Waals surface area contributed by atoms with E-state index in [2.05, 4.69) is 0 Å². The summed E-state index contributed by atoms with van der Waals surface area (Å²) >= 11 is -0.421. The van der Waals surface area contributed by atoms with E-state index in [1.165, 1.54) is 0 Å². The number of hydrogen-bond donors (Lipinski definition) is 0. The van der Waals surface area contributed by atoms with Crippen LogP contribution in [0.4, 0.5) is 13.2 Å². The van der Waals surface area contributed by atoms with Gasteiger partial charge < -0.3 is 9.47 Å². The molecule has 20 heavy (non-hydrogen) atoms. The summed E-state index contributed by atoms with van der Waals surface area (Å²) in [4.78, 5) is 11.5. The zero-order valence-corrected chi connectivity index (χ0v) is 11.4. The van der Waals surface area contributed by atoms with Crippen molar-refractivity contribution >= 4 is 17.7 Å². The molecule has 0 atom stereocenters. The van der Waals surface area contributed by atoms with Gasteiger partial charge in [-0.25, -0.2) is 4.79 Å². The summed E-state index contributed by atoms with van der Waals surface area (Å²) < 4.78 is 46.9. The molecule has 4 nitrogen and oxygen atoms in total. The third-order valence-corrected chi connectivity index (χ3v) is 2.92. The van der Waals surface area contributed by atoms with Crippen LogP contribution in [-0.4, -0.2) is 25.2 Å². The van der Waals surface area contributed by atoms with E-state index in [0.717, 1.165) is 19.2 Å². The average Bonchev–Trinajstić information content (AvgIpc) is 2.36. The Morgan fingerprint density at radius 3 is 2.55 bits per heavy atom. The topological polar surface area (TPSA) is 59.3 Å². The van der Waals surface area contributed by atoms with Gasteiger partial charge in [0, 0.05) is 0 Å². The molecule has 0 unspecified atom stereocenters. The molecule has 0 saturated heterocycles. The highest BCUT2D eigenvalue weighted by Gasteiger charge is 2.33. The van der Waals surface area contributed by atoms with Gasteiger partial charge in [0.1, 0.15) is 17.4 Å². The molecular weight excluding hydrogens is 295 g/mol. The van der Waals surface area contributed by atoms with Gasteiger partial charge in [0.25, 0.3) is 0 Å². The van der Waals surface area contributed by atoms with Crippen molar-refractivity contribution in [2.24, 2.45) is 0 Å². The fourth-order valence-corrected chi connectivity index (χ4v) is 2.13. The highest BCUT2D eigenvalue weighted by atomic mass is 32.2. The van der Waals surface area contributed by atoms with E-state index in [0.29, 0.717) is 0 Å². The van der Waals surface area contributed by atoms with Crippen LogP contribution in [0.5, 0.6) is 5.75 Å². The lowest BCUT2D eigenvalue weighted by atomic mass is 10.1. The summed E-state index contributed by atoms with van der Waals surface area (Å²) in [6.45, 7) is 1.58. The molecule has 1 aromatic rings. The number of ether oxygens (including phenoxy) is 2. The quantitative estimate of drug-likeness (QED) is 0.630. The number of alkyl halides is 3. The number of esters is 1. The van der Waals surface area contributed by atoms with Crippen molar-refractivity contribution < 1.29 is 27.4 Å². The van der Waals surface area contributed by atoms with Crippen molar-refractivity contribution in [2.45, 2.75) is 17.3 Å². The van der Waals surface area contributed by atoms with Crippen molar-refractivity contribution in [2.75, 3.05) is 13.7 Å². The van der Waals surface area contributed by atoms with Crippen LogP contribution in [0.1, 0.15) is 22.8 Å². The second-order valence-electron chi connectivity index (χ2n) is 3.40. The number of halogens is 3. The fourth-order valence-electron chi connectivity index (χ4n) is 1.47. The molecule has 0 amide bonds. The summed E-state index contributed by atoms with van der Waals surface area (Å²) in [6.07, 6.45) is 0. The maximum absolute atomic E-state index is 12.4. The summed E-state index contributed by atoms with van der Waals surface area (Å²) in [5, 5.41) is 8.94. The molecule has 8 heteroatoms. The van der Waals surface area contributed by atoms with Gasteiger partial charge in [-0.15, -0.1) is 0 Å². The first-order chi connectivity index (χ1) is 9.34. The molecule has 0 saturated carbocycles. The van der Waals surface area contributed by atoms with Crippen molar-refractivity contribution in [1.29, 1.82) is 5.26 Å². The molecule has 0 aromatic heterocycles. The summed E-state index contributed by atoms with van der Waals surface area (Å²) in [6, 6.07) is 3.94. The molecule has 0 aliphatic heterocycles. The lowest BCUT2D eigenvalue weighted by Gasteiger charge is -2.14. The Kier molecular flexibility index (Phi) is 5.27. The maximum Gasteiger partial charge on any atom is 0.446 e. The number of carbonyl (C=O) groups excluding carboxylic acids is 1. The van der Waals surface area contributed by atoms with Gasteiger partial charge in [-0.3, -0.25) is 0 Å². The van der Waals surface area contributed by atoms with E-state index in [-0.39, 0.29) is 28.4 Å². The first kappa shape index (κ1) is 16.2. The normalized spacial score (nSPS) is 10.8. The van der Waals surface area contributed by atoms with E-state index in [4.69, 9.17) is 14.7 Å². The lowest BCUT2D eigenvalue weighted by Crippen LogP contribution is -2.11. The third kappa shape index (κ3) is 3.81. The minimum absolute atomic E-state index is 0.0312. The van der Waals surface area contributed by atoms with Crippen LogP contribution in [0.2, 0.25) is 0 Å². The Morgan fingerprint density at radius 2 is 2.10 bits per heavy atom. The fraction of sp³-hybridized carbons (Fsp3) is 0.333. The number of thioether (sulfide) groups is 1. The molecule has 0 heterocycles. The van der Waals surface area contributed by atoms with Gasteiger partial charge >= 0.3 is 11.5 Å².